The number of hydrogen-bond donors (Lipinski definition) is 2. The van der Waals surface area contributed by atoms with Gasteiger partial charge in [-0.05, 0) is 23.3 Å². The van der Waals surface area contributed by atoms with Crippen LogP contribution < -0.4 is 15.5 Å². The lowest BCUT2D eigenvalue weighted by Crippen LogP contribution is -2.32. The second-order valence-electron chi connectivity index (χ2n) is 6.21. The SMILES string of the molecule is CC(=O)N[C@H](CC(=O)NCc1ccc(N(C)C)cc1)c1ccccc1. The molecule has 0 aromatic heterocycles. The molecule has 5 nitrogen and oxygen atoms in total. The lowest BCUT2D eigenvalue weighted by molar-refractivity contribution is -0.122. The van der Waals surface area contributed by atoms with Crippen LogP contribution in [0.4, 0.5) is 5.69 Å². The quantitative estimate of drug-likeness (QED) is 0.815. The zero-order chi connectivity index (χ0) is 18.2. The average Bonchev–Trinajstić information content (AvgIpc) is 2.60. The summed E-state index contributed by atoms with van der Waals surface area (Å²) >= 11 is 0. The van der Waals surface area contributed by atoms with Crippen molar-refractivity contribution in [2.24, 2.45) is 0 Å². The highest BCUT2D eigenvalue weighted by Gasteiger charge is 2.16. The molecule has 2 rings (SSSR count). The number of carbonyl (C=O) groups excluding carboxylic acids is 2. The van der Waals surface area contributed by atoms with Gasteiger partial charge in [0, 0.05) is 33.3 Å². The Kier molecular flexibility index (Phi) is 6.57. The standard InChI is InChI=1S/C20H25N3O2/c1-15(24)22-19(17-7-5-4-6-8-17)13-20(25)21-14-16-9-11-18(12-10-16)23(2)3/h4-12,19H,13-14H2,1-3H3,(H,21,25)(H,22,24)/t19-/m1/s1. The summed E-state index contributed by atoms with van der Waals surface area (Å²) in [5.41, 5.74) is 3.07. The lowest BCUT2D eigenvalue weighted by Gasteiger charge is -2.18. The topological polar surface area (TPSA) is 61.4 Å². The number of amides is 2. The molecule has 25 heavy (non-hydrogen) atoms. The van der Waals surface area contributed by atoms with Gasteiger partial charge in [0.2, 0.25) is 11.8 Å². The number of hydrogen-bond acceptors (Lipinski definition) is 3. The molecule has 0 saturated carbocycles. The molecule has 0 aliphatic carbocycles. The second-order valence-corrected chi connectivity index (χ2v) is 6.21. The maximum absolute atomic E-state index is 12.3. The van der Waals surface area contributed by atoms with E-state index in [0.717, 1.165) is 16.8 Å². The van der Waals surface area contributed by atoms with E-state index in [4.69, 9.17) is 0 Å². The third kappa shape index (κ3) is 5.95. The van der Waals surface area contributed by atoms with Gasteiger partial charge in [0.15, 0.2) is 0 Å². The summed E-state index contributed by atoms with van der Waals surface area (Å²) in [6.45, 7) is 1.92. The second kappa shape index (κ2) is 8.87. The average molecular weight is 339 g/mol. The Balaban J connectivity index is 1.93. The van der Waals surface area contributed by atoms with E-state index in [2.05, 4.69) is 10.6 Å². The van der Waals surface area contributed by atoms with Crippen LogP contribution in [0, 0.1) is 0 Å². The Hall–Kier alpha value is -2.82. The van der Waals surface area contributed by atoms with Gasteiger partial charge < -0.3 is 15.5 Å². The van der Waals surface area contributed by atoms with Gasteiger partial charge in [0.1, 0.15) is 0 Å². The van der Waals surface area contributed by atoms with E-state index in [1.54, 1.807) is 0 Å². The predicted octanol–water partition coefficient (Wildman–Crippen LogP) is 2.64. The summed E-state index contributed by atoms with van der Waals surface area (Å²) in [7, 11) is 3.98. The minimum atomic E-state index is -0.324. The van der Waals surface area contributed by atoms with Crippen LogP contribution in [0.2, 0.25) is 0 Å². The molecule has 0 aliphatic rings. The van der Waals surface area contributed by atoms with E-state index in [9.17, 15) is 9.59 Å². The van der Waals surface area contributed by atoms with Gasteiger partial charge in [-0.15, -0.1) is 0 Å². The molecule has 1 atom stereocenters. The third-order valence-corrected chi connectivity index (χ3v) is 3.91. The highest BCUT2D eigenvalue weighted by molar-refractivity contribution is 5.79. The number of nitrogens with zero attached hydrogens (tertiary/aromatic N) is 1. The zero-order valence-corrected chi connectivity index (χ0v) is 15.0. The van der Waals surface area contributed by atoms with Crippen molar-refractivity contribution in [3.63, 3.8) is 0 Å². The van der Waals surface area contributed by atoms with Crippen molar-refractivity contribution < 1.29 is 9.59 Å². The van der Waals surface area contributed by atoms with Crippen molar-refractivity contribution in [3.8, 4) is 0 Å². The molecule has 0 bridgehead atoms. The van der Waals surface area contributed by atoms with Gasteiger partial charge >= 0.3 is 0 Å². The molecular formula is C20H25N3O2. The molecule has 132 valence electrons. The molecule has 2 amide bonds. The van der Waals surface area contributed by atoms with Crippen molar-refractivity contribution in [2.45, 2.75) is 25.9 Å². The summed E-state index contributed by atoms with van der Waals surface area (Å²) in [5, 5.41) is 5.76. The van der Waals surface area contributed by atoms with Gasteiger partial charge in [-0.3, -0.25) is 9.59 Å². The van der Waals surface area contributed by atoms with E-state index in [1.807, 2.05) is 73.6 Å². The van der Waals surface area contributed by atoms with Gasteiger partial charge in [-0.1, -0.05) is 42.5 Å². The van der Waals surface area contributed by atoms with Crippen LogP contribution in [0.5, 0.6) is 0 Å². The van der Waals surface area contributed by atoms with E-state index in [0.29, 0.717) is 6.54 Å². The fourth-order valence-corrected chi connectivity index (χ4v) is 2.55. The highest BCUT2D eigenvalue weighted by atomic mass is 16.2. The molecule has 0 aliphatic heterocycles. The van der Waals surface area contributed by atoms with Crippen LogP contribution in [0.25, 0.3) is 0 Å². The van der Waals surface area contributed by atoms with Crippen molar-refractivity contribution in [1.82, 2.24) is 10.6 Å². The molecule has 0 radical (unpaired) electrons. The molecule has 2 aromatic rings. The zero-order valence-electron chi connectivity index (χ0n) is 15.0. The van der Waals surface area contributed by atoms with Crippen LogP contribution in [-0.4, -0.2) is 25.9 Å². The number of nitrogens with one attached hydrogen (secondary N) is 2. The first-order valence-corrected chi connectivity index (χ1v) is 8.30. The van der Waals surface area contributed by atoms with Crippen LogP contribution >= 0.6 is 0 Å². The van der Waals surface area contributed by atoms with Crippen LogP contribution in [0.3, 0.4) is 0 Å². The van der Waals surface area contributed by atoms with Gasteiger partial charge in [-0.2, -0.15) is 0 Å². The fraction of sp³-hybridized carbons (Fsp3) is 0.300. The van der Waals surface area contributed by atoms with Gasteiger partial charge in [-0.25, -0.2) is 0 Å². The van der Waals surface area contributed by atoms with Crippen LogP contribution in [0.1, 0.15) is 30.5 Å². The first-order valence-electron chi connectivity index (χ1n) is 8.30. The molecule has 0 saturated heterocycles. The van der Waals surface area contributed by atoms with Gasteiger partial charge in [0.05, 0.1) is 12.5 Å². The normalized spacial score (nSPS) is 11.5. The molecule has 2 aromatic carbocycles. The third-order valence-electron chi connectivity index (χ3n) is 3.91. The maximum Gasteiger partial charge on any atom is 0.222 e. The Morgan fingerprint density at radius 1 is 1.00 bits per heavy atom. The van der Waals surface area contributed by atoms with Crippen molar-refractivity contribution >= 4 is 17.5 Å². The van der Waals surface area contributed by atoms with E-state index < -0.39 is 0 Å². The van der Waals surface area contributed by atoms with Crippen LogP contribution in [-0.2, 0) is 16.1 Å². The van der Waals surface area contributed by atoms with Crippen molar-refractivity contribution in [3.05, 3.63) is 65.7 Å². The van der Waals surface area contributed by atoms with Crippen LogP contribution in [0.15, 0.2) is 54.6 Å². The highest BCUT2D eigenvalue weighted by Crippen LogP contribution is 2.17. The molecule has 0 heterocycles. The summed E-state index contributed by atoms with van der Waals surface area (Å²) in [6.07, 6.45) is 0.208. The minimum absolute atomic E-state index is 0.0979. The number of carbonyl (C=O) groups is 2. The van der Waals surface area contributed by atoms with E-state index in [-0.39, 0.29) is 24.3 Å². The Labute approximate surface area is 149 Å². The molecular weight excluding hydrogens is 314 g/mol. The van der Waals surface area contributed by atoms with Crippen molar-refractivity contribution in [2.75, 3.05) is 19.0 Å². The van der Waals surface area contributed by atoms with Crippen molar-refractivity contribution in [1.29, 1.82) is 0 Å². The lowest BCUT2D eigenvalue weighted by atomic mass is 10.0. The number of rotatable bonds is 7. The first-order chi connectivity index (χ1) is 12.0. The van der Waals surface area contributed by atoms with Gasteiger partial charge in [0.25, 0.3) is 0 Å². The molecule has 0 unspecified atom stereocenters. The monoisotopic (exact) mass is 339 g/mol. The summed E-state index contributed by atoms with van der Waals surface area (Å²) in [5.74, 6) is -0.250. The molecule has 0 spiro atoms. The fourth-order valence-electron chi connectivity index (χ4n) is 2.55. The minimum Gasteiger partial charge on any atom is -0.378 e. The van der Waals surface area contributed by atoms with E-state index in [1.165, 1.54) is 6.92 Å². The van der Waals surface area contributed by atoms with E-state index >= 15 is 0 Å². The maximum atomic E-state index is 12.3. The Bertz CT molecular complexity index is 697. The smallest absolute Gasteiger partial charge is 0.222 e. The Morgan fingerprint density at radius 2 is 1.64 bits per heavy atom. The summed E-state index contributed by atoms with van der Waals surface area (Å²) < 4.78 is 0. The Morgan fingerprint density at radius 3 is 2.20 bits per heavy atom. The summed E-state index contributed by atoms with van der Waals surface area (Å²) in [6, 6.07) is 17.2. The first kappa shape index (κ1) is 18.5. The number of benzene rings is 2. The molecule has 0 fully saturated rings. The molecule has 2 N–H and O–H groups in total. The molecule has 5 heteroatoms. The number of anilines is 1. The largest absolute Gasteiger partial charge is 0.378 e. The predicted molar refractivity (Wildman–Crippen MR) is 100 cm³/mol. The summed E-state index contributed by atoms with van der Waals surface area (Å²) in [4.78, 5) is 25.7.